The number of halogens is 4. The van der Waals surface area contributed by atoms with Crippen LogP contribution in [0.2, 0.25) is 0 Å². The molecular weight excluding hydrogens is 480 g/mol. The van der Waals surface area contributed by atoms with Gasteiger partial charge in [-0.15, -0.1) is 6.58 Å². The Morgan fingerprint density at radius 3 is 2.05 bits per heavy atom. The molecule has 4 rings (SSSR count). The summed E-state index contributed by atoms with van der Waals surface area (Å²) in [6.45, 7) is 6.45. The first kappa shape index (κ1) is 26.9. The van der Waals surface area contributed by atoms with Crippen LogP contribution in [0, 0.1) is 23.3 Å². The lowest BCUT2D eigenvalue weighted by atomic mass is 9.89. The first-order valence-electron chi connectivity index (χ1n) is 12.9. The van der Waals surface area contributed by atoms with E-state index in [4.69, 9.17) is 9.47 Å². The molecule has 6 heteroatoms. The van der Waals surface area contributed by atoms with E-state index in [0.29, 0.717) is 42.7 Å². The maximum atomic E-state index is 15.0. The first-order valence-corrected chi connectivity index (χ1v) is 12.9. The van der Waals surface area contributed by atoms with Crippen molar-refractivity contribution >= 4 is 0 Å². The molecule has 0 N–H and O–H groups in total. The van der Waals surface area contributed by atoms with Crippen molar-refractivity contribution in [1.82, 2.24) is 0 Å². The van der Waals surface area contributed by atoms with Gasteiger partial charge in [0.25, 0.3) is 0 Å². The molecule has 1 heterocycles. The van der Waals surface area contributed by atoms with Gasteiger partial charge >= 0.3 is 0 Å². The van der Waals surface area contributed by atoms with Crippen molar-refractivity contribution < 1.29 is 27.0 Å². The minimum absolute atomic E-state index is 0.0560. The largest absolute Gasteiger partial charge is 0.490 e. The molecule has 1 saturated heterocycles. The van der Waals surface area contributed by atoms with Gasteiger partial charge in [-0.2, -0.15) is 4.39 Å². The Kier molecular flexibility index (Phi) is 9.04. The zero-order chi connectivity index (χ0) is 26.4. The fourth-order valence-electron chi connectivity index (χ4n) is 4.71. The molecule has 1 fully saturated rings. The Balaban J connectivity index is 1.49. The summed E-state index contributed by atoms with van der Waals surface area (Å²) in [5, 5.41) is 0. The number of hydrogen-bond donors (Lipinski definition) is 0. The number of rotatable bonds is 10. The maximum Gasteiger partial charge on any atom is 0.201 e. The Hall–Kier alpha value is -3.12. The molecular formula is C31H32F4O2. The van der Waals surface area contributed by atoms with Crippen LogP contribution in [0.15, 0.2) is 61.2 Å². The molecule has 0 saturated carbocycles. The molecule has 0 radical (unpaired) electrons. The van der Waals surface area contributed by atoms with E-state index in [9.17, 15) is 13.2 Å². The van der Waals surface area contributed by atoms with E-state index in [1.54, 1.807) is 42.5 Å². The fraction of sp³-hybridized carbons (Fsp3) is 0.355. The monoisotopic (exact) mass is 512 g/mol. The van der Waals surface area contributed by atoms with Gasteiger partial charge in [0.15, 0.2) is 23.2 Å². The van der Waals surface area contributed by atoms with Gasteiger partial charge in [0.1, 0.15) is 0 Å². The first-order chi connectivity index (χ1) is 17.9. The van der Waals surface area contributed by atoms with Crippen LogP contribution < -0.4 is 4.74 Å². The summed E-state index contributed by atoms with van der Waals surface area (Å²) in [5.74, 6) is -4.20. The summed E-state index contributed by atoms with van der Waals surface area (Å²) in [6.07, 6.45) is 6.96. The summed E-state index contributed by atoms with van der Waals surface area (Å²) < 4.78 is 70.5. The summed E-state index contributed by atoms with van der Waals surface area (Å²) in [7, 11) is 0. The van der Waals surface area contributed by atoms with Crippen molar-refractivity contribution in [2.75, 3.05) is 13.2 Å². The van der Waals surface area contributed by atoms with Crippen LogP contribution in [0.3, 0.4) is 0 Å². The SMILES string of the molecule is C=CC1CCC(c2ccc(-c3ccc(-c4ccc(OCCCCCC)c(F)c4F)cc3)c(F)c2F)CO1. The summed E-state index contributed by atoms with van der Waals surface area (Å²) in [5.41, 5.74) is 1.33. The molecule has 0 spiro atoms. The van der Waals surface area contributed by atoms with Crippen LogP contribution in [0.5, 0.6) is 5.75 Å². The minimum atomic E-state index is -1.04. The highest BCUT2D eigenvalue weighted by molar-refractivity contribution is 5.72. The molecule has 1 aliphatic rings. The second kappa shape index (κ2) is 12.4. The predicted molar refractivity (Wildman–Crippen MR) is 139 cm³/mol. The number of hydrogen-bond acceptors (Lipinski definition) is 2. The summed E-state index contributed by atoms with van der Waals surface area (Å²) in [6, 6.07) is 12.3. The van der Waals surface area contributed by atoms with E-state index < -0.39 is 23.3 Å². The zero-order valence-electron chi connectivity index (χ0n) is 21.0. The molecule has 0 bridgehead atoms. The molecule has 1 aliphatic heterocycles. The van der Waals surface area contributed by atoms with Gasteiger partial charge in [-0.05, 0) is 48.1 Å². The maximum absolute atomic E-state index is 15.0. The average Bonchev–Trinajstić information content (AvgIpc) is 2.93. The lowest BCUT2D eigenvalue weighted by molar-refractivity contribution is 0.0320. The van der Waals surface area contributed by atoms with Crippen molar-refractivity contribution in [2.24, 2.45) is 0 Å². The Bertz CT molecular complexity index is 1210. The predicted octanol–water partition coefficient (Wildman–Crippen LogP) is 8.98. The second-order valence-electron chi connectivity index (χ2n) is 9.44. The molecule has 3 aromatic carbocycles. The second-order valence-corrected chi connectivity index (χ2v) is 9.44. The lowest BCUT2D eigenvalue weighted by Crippen LogP contribution is -2.23. The van der Waals surface area contributed by atoms with Gasteiger partial charge in [-0.1, -0.05) is 68.7 Å². The van der Waals surface area contributed by atoms with Crippen LogP contribution >= 0.6 is 0 Å². The third kappa shape index (κ3) is 6.07. The van der Waals surface area contributed by atoms with Crippen molar-refractivity contribution in [3.8, 4) is 28.0 Å². The van der Waals surface area contributed by atoms with Crippen LogP contribution in [-0.2, 0) is 4.74 Å². The quantitative estimate of drug-likeness (QED) is 0.153. The van der Waals surface area contributed by atoms with Gasteiger partial charge in [0.2, 0.25) is 5.82 Å². The molecule has 196 valence electrons. The van der Waals surface area contributed by atoms with Gasteiger partial charge in [0.05, 0.1) is 19.3 Å². The van der Waals surface area contributed by atoms with Gasteiger partial charge < -0.3 is 9.47 Å². The minimum Gasteiger partial charge on any atom is -0.490 e. The van der Waals surface area contributed by atoms with Crippen LogP contribution in [0.1, 0.15) is 56.9 Å². The fourth-order valence-corrected chi connectivity index (χ4v) is 4.71. The van der Waals surface area contributed by atoms with E-state index >= 15 is 4.39 Å². The highest BCUT2D eigenvalue weighted by Crippen LogP contribution is 2.36. The smallest absolute Gasteiger partial charge is 0.201 e. The number of benzene rings is 3. The molecule has 0 aromatic heterocycles. The van der Waals surface area contributed by atoms with Crippen LogP contribution in [0.4, 0.5) is 17.6 Å². The number of unbranched alkanes of at least 4 members (excludes halogenated alkanes) is 3. The molecule has 2 atom stereocenters. The Morgan fingerprint density at radius 2 is 1.46 bits per heavy atom. The van der Waals surface area contributed by atoms with Gasteiger partial charge in [0, 0.05) is 17.0 Å². The molecule has 3 aromatic rings. The van der Waals surface area contributed by atoms with Crippen molar-refractivity contribution in [2.45, 2.75) is 57.5 Å². The average molecular weight is 513 g/mol. The van der Waals surface area contributed by atoms with Crippen LogP contribution in [-0.4, -0.2) is 19.3 Å². The summed E-state index contributed by atoms with van der Waals surface area (Å²) >= 11 is 0. The summed E-state index contributed by atoms with van der Waals surface area (Å²) in [4.78, 5) is 0. The van der Waals surface area contributed by atoms with Crippen molar-refractivity contribution in [1.29, 1.82) is 0 Å². The zero-order valence-corrected chi connectivity index (χ0v) is 21.0. The lowest BCUT2D eigenvalue weighted by Gasteiger charge is -2.28. The number of ether oxygens (including phenoxy) is 2. The van der Waals surface area contributed by atoms with Crippen molar-refractivity contribution in [3.63, 3.8) is 0 Å². The third-order valence-electron chi connectivity index (χ3n) is 6.94. The van der Waals surface area contributed by atoms with E-state index in [1.165, 1.54) is 12.1 Å². The third-order valence-corrected chi connectivity index (χ3v) is 6.94. The highest BCUT2D eigenvalue weighted by Gasteiger charge is 2.26. The standard InChI is InChI=1S/C31H32F4O2/c1-3-5-6-7-18-36-27-17-16-25(30(34)31(27)35)21-10-8-20(9-11-21)24-14-15-26(29(33)28(24)32)22-12-13-23(4-2)37-19-22/h4,8-11,14-17,22-23H,2-3,5-7,12-13,18-19H2,1H3. The highest BCUT2D eigenvalue weighted by atomic mass is 19.2. The van der Waals surface area contributed by atoms with Gasteiger partial charge in [-0.25, -0.2) is 13.2 Å². The Labute approximate surface area is 215 Å². The normalized spacial score (nSPS) is 17.5. The molecule has 37 heavy (non-hydrogen) atoms. The molecule has 0 aliphatic carbocycles. The topological polar surface area (TPSA) is 18.5 Å². The Morgan fingerprint density at radius 1 is 0.811 bits per heavy atom. The van der Waals surface area contributed by atoms with E-state index in [0.717, 1.165) is 25.7 Å². The van der Waals surface area contributed by atoms with E-state index in [-0.39, 0.29) is 28.9 Å². The van der Waals surface area contributed by atoms with Crippen molar-refractivity contribution in [3.05, 3.63) is 90.0 Å². The van der Waals surface area contributed by atoms with Crippen LogP contribution in [0.25, 0.3) is 22.3 Å². The van der Waals surface area contributed by atoms with E-state index in [1.807, 2.05) is 0 Å². The van der Waals surface area contributed by atoms with Gasteiger partial charge in [-0.3, -0.25) is 0 Å². The molecule has 2 nitrogen and oxygen atoms in total. The van der Waals surface area contributed by atoms with E-state index in [2.05, 4.69) is 13.5 Å². The molecule has 0 amide bonds. The molecule has 2 unspecified atom stereocenters.